The molecule has 0 radical (unpaired) electrons. The summed E-state index contributed by atoms with van der Waals surface area (Å²) in [6, 6.07) is 2.12. The van der Waals surface area contributed by atoms with Gasteiger partial charge in [0.15, 0.2) is 11.6 Å². The van der Waals surface area contributed by atoms with Crippen molar-refractivity contribution in [2.45, 2.75) is 70.4 Å². The lowest BCUT2D eigenvalue weighted by Crippen LogP contribution is -2.38. The molecule has 7 heteroatoms. The molecule has 6 nitrogen and oxygen atoms in total. The number of H-pyrrole nitrogens is 1. The first-order valence-electron chi connectivity index (χ1n) is 10.1. The number of aryl methyl sites for hydroxylation is 2. The Hall–Kier alpha value is -1.73. The zero-order chi connectivity index (χ0) is 18.6. The molecular weight excluding hydrogens is 360 g/mol. The summed E-state index contributed by atoms with van der Waals surface area (Å²) < 4.78 is 5.13. The molecule has 0 spiro atoms. The molecule has 0 saturated carbocycles. The van der Waals surface area contributed by atoms with E-state index < -0.39 is 0 Å². The highest BCUT2D eigenvalue weighted by Gasteiger charge is 2.32. The smallest absolute Gasteiger partial charge is 0.264 e. The minimum Gasteiger partial charge on any atom is -0.377 e. The van der Waals surface area contributed by atoms with E-state index in [1.807, 2.05) is 4.90 Å². The van der Waals surface area contributed by atoms with Gasteiger partial charge >= 0.3 is 0 Å². The minimum atomic E-state index is -0.0437. The van der Waals surface area contributed by atoms with Gasteiger partial charge in [-0.1, -0.05) is 12.8 Å². The van der Waals surface area contributed by atoms with E-state index in [4.69, 9.17) is 4.74 Å². The second kappa shape index (κ2) is 8.52. The third-order valence-corrected chi connectivity index (χ3v) is 6.82. The van der Waals surface area contributed by atoms with Crippen molar-refractivity contribution in [1.82, 2.24) is 20.1 Å². The lowest BCUT2D eigenvalue weighted by molar-refractivity contribution is 0.0605. The molecular formula is C20H28N4O2S. The van der Waals surface area contributed by atoms with Gasteiger partial charge in [0.25, 0.3) is 5.91 Å². The standard InChI is InChI=1S/C20H28N4O2S/c1-26-13-18-21-19(23-22-18)15-9-6-7-11-24(15)20(25)17-12-14-8-4-2-3-5-10-16(14)27-17/h12,15H,2-11,13H2,1H3,(H,21,22,23). The number of thiophene rings is 1. The van der Waals surface area contributed by atoms with Gasteiger partial charge in [0.1, 0.15) is 6.61 Å². The largest absolute Gasteiger partial charge is 0.377 e. The molecule has 1 amide bonds. The van der Waals surface area contributed by atoms with Gasteiger partial charge in [0.05, 0.1) is 10.9 Å². The first kappa shape index (κ1) is 18.6. The first-order valence-corrected chi connectivity index (χ1v) is 10.9. The van der Waals surface area contributed by atoms with Crippen molar-refractivity contribution < 1.29 is 9.53 Å². The number of carbonyl (C=O) groups is 1. The highest BCUT2D eigenvalue weighted by atomic mass is 32.1. The Labute approximate surface area is 164 Å². The number of aromatic nitrogens is 3. The van der Waals surface area contributed by atoms with E-state index in [2.05, 4.69) is 21.2 Å². The fraction of sp³-hybridized carbons (Fsp3) is 0.650. The van der Waals surface area contributed by atoms with Crippen LogP contribution in [0.4, 0.5) is 0 Å². The molecule has 1 fully saturated rings. The van der Waals surface area contributed by atoms with Gasteiger partial charge in [-0.2, -0.15) is 5.10 Å². The number of hydrogen-bond acceptors (Lipinski definition) is 5. The third kappa shape index (κ3) is 4.09. The van der Waals surface area contributed by atoms with Crippen molar-refractivity contribution in [3.05, 3.63) is 33.0 Å². The maximum absolute atomic E-state index is 13.4. The van der Waals surface area contributed by atoms with E-state index in [0.29, 0.717) is 18.3 Å². The van der Waals surface area contributed by atoms with Crippen molar-refractivity contribution in [1.29, 1.82) is 0 Å². The zero-order valence-corrected chi connectivity index (χ0v) is 16.8. The Morgan fingerprint density at radius 1 is 1.26 bits per heavy atom. The van der Waals surface area contributed by atoms with E-state index in [1.54, 1.807) is 18.4 Å². The summed E-state index contributed by atoms with van der Waals surface area (Å²) in [5, 5.41) is 7.30. The number of ether oxygens (including phenoxy) is 1. The summed E-state index contributed by atoms with van der Waals surface area (Å²) >= 11 is 1.71. The predicted octanol–water partition coefficient (Wildman–Crippen LogP) is 4.04. The number of carbonyl (C=O) groups excluding carboxylic acids is 1. The van der Waals surface area contributed by atoms with Crippen LogP contribution in [0, 0.1) is 0 Å². The van der Waals surface area contributed by atoms with Crippen LogP contribution < -0.4 is 0 Å². The van der Waals surface area contributed by atoms with Gasteiger partial charge in [0.2, 0.25) is 0 Å². The second-order valence-electron chi connectivity index (χ2n) is 7.56. The molecule has 146 valence electrons. The van der Waals surface area contributed by atoms with E-state index in [-0.39, 0.29) is 11.9 Å². The van der Waals surface area contributed by atoms with E-state index >= 15 is 0 Å². The van der Waals surface area contributed by atoms with Gasteiger partial charge in [-0.15, -0.1) is 11.3 Å². The summed E-state index contributed by atoms with van der Waals surface area (Å²) in [5.74, 6) is 1.57. The maximum Gasteiger partial charge on any atom is 0.264 e. The number of nitrogens with zero attached hydrogens (tertiary/aromatic N) is 3. The number of likely N-dealkylation sites (tertiary alicyclic amines) is 1. The quantitative estimate of drug-likeness (QED) is 0.858. The molecule has 1 unspecified atom stereocenters. The normalized spacial score (nSPS) is 20.8. The van der Waals surface area contributed by atoms with E-state index in [0.717, 1.165) is 43.5 Å². The lowest BCUT2D eigenvalue weighted by Gasteiger charge is -2.33. The summed E-state index contributed by atoms with van der Waals surface area (Å²) in [6.45, 7) is 1.19. The summed E-state index contributed by atoms with van der Waals surface area (Å²) in [7, 11) is 1.64. The molecule has 1 atom stereocenters. The van der Waals surface area contributed by atoms with Crippen LogP contribution in [0.25, 0.3) is 0 Å². The van der Waals surface area contributed by atoms with Gasteiger partial charge in [-0.25, -0.2) is 4.98 Å². The molecule has 0 bridgehead atoms. The van der Waals surface area contributed by atoms with Crippen LogP contribution in [0.15, 0.2) is 6.07 Å². The summed E-state index contributed by atoms with van der Waals surface area (Å²) in [6.07, 6.45) is 10.4. The highest BCUT2D eigenvalue weighted by molar-refractivity contribution is 7.14. The molecule has 2 aromatic rings. The number of aromatic amines is 1. The number of nitrogens with one attached hydrogen (secondary N) is 1. The molecule has 1 saturated heterocycles. The fourth-order valence-electron chi connectivity index (χ4n) is 4.19. The van der Waals surface area contributed by atoms with Gasteiger partial charge in [0, 0.05) is 18.5 Å². The lowest BCUT2D eigenvalue weighted by atomic mass is 9.99. The summed E-state index contributed by atoms with van der Waals surface area (Å²) in [5.41, 5.74) is 1.40. The Morgan fingerprint density at radius 2 is 2.11 bits per heavy atom. The molecule has 1 aliphatic carbocycles. The van der Waals surface area contributed by atoms with Crippen molar-refractivity contribution in [2.24, 2.45) is 0 Å². The number of piperidine rings is 1. The Kier molecular flexibility index (Phi) is 5.88. The van der Waals surface area contributed by atoms with Crippen LogP contribution in [0.2, 0.25) is 0 Å². The van der Waals surface area contributed by atoms with Gasteiger partial charge in [-0.05, 0) is 56.6 Å². The van der Waals surface area contributed by atoms with Crippen LogP contribution in [-0.2, 0) is 24.2 Å². The fourth-order valence-corrected chi connectivity index (χ4v) is 5.40. The van der Waals surface area contributed by atoms with Crippen molar-refractivity contribution in [2.75, 3.05) is 13.7 Å². The van der Waals surface area contributed by atoms with Gasteiger partial charge in [-0.3, -0.25) is 9.89 Å². The molecule has 1 aliphatic heterocycles. The number of methoxy groups -OCH3 is 1. The second-order valence-corrected chi connectivity index (χ2v) is 8.69. The monoisotopic (exact) mass is 388 g/mol. The van der Waals surface area contributed by atoms with Crippen molar-refractivity contribution >= 4 is 17.2 Å². The Morgan fingerprint density at radius 3 is 2.96 bits per heavy atom. The van der Waals surface area contributed by atoms with Crippen LogP contribution in [0.3, 0.4) is 0 Å². The average Bonchev–Trinajstić information content (AvgIpc) is 3.29. The molecule has 2 aliphatic rings. The van der Waals surface area contributed by atoms with Gasteiger partial charge < -0.3 is 9.64 Å². The van der Waals surface area contributed by atoms with E-state index in [1.165, 1.54) is 36.1 Å². The molecule has 3 heterocycles. The van der Waals surface area contributed by atoms with E-state index in [9.17, 15) is 4.79 Å². The summed E-state index contributed by atoms with van der Waals surface area (Å²) in [4.78, 5) is 22.2. The van der Waals surface area contributed by atoms with Crippen molar-refractivity contribution in [3.63, 3.8) is 0 Å². The Bertz CT molecular complexity index is 759. The van der Waals surface area contributed by atoms with Crippen LogP contribution in [0.5, 0.6) is 0 Å². The number of fused-ring (bicyclic) bond motifs is 1. The topological polar surface area (TPSA) is 71.1 Å². The van der Waals surface area contributed by atoms with Crippen molar-refractivity contribution in [3.8, 4) is 0 Å². The molecule has 1 N–H and O–H groups in total. The van der Waals surface area contributed by atoms with Crippen LogP contribution >= 0.6 is 11.3 Å². The predicted molar refractivity (Wildman–Crippen MR) is 105 cm³/mol. The molecule has 4 rings (SSSR count). The van der Waals surface area contributed by atoms with Crippen LogP contribution in [0.1, 0.15) is 82.7 Å². The molecule has 2 aromatic heterocycles. The maximum atomic E-state index is 13.4. The number of amides is 1. The zero-order valence-electron chi connectivity index (χ0n) is 16.0. The number of hydrogen-bond donors (Lipinski definition) is 1. The van der Waals surface area contributed by atoms with Crippen LogP contribution in [-0.4, -0.2) is 39.6 Å². The first-order chi connectivity index (χ1) is 13.3. The minimum absolute atomic E-state index is 0.0437. The highest BCUT2D eigenvalue weighted by Crippen LogP contribution is 2.34. The molecule has 0 aromatic carbocycles. The SMILES string of the molecule is COCc1nc(C2CCCCN2C(=O)c2cc3c(s2)CCCCCC3)n[nH]1. The molecule has 27 heavy (non-hydrogen) atoms. The number of rotatable bonds is 4. The third-order valence-electron chi connectivity index (χ3n) is 5.60. The Balaban J connectivity index is 1.56. The average molecular weight is 389 g/mol.